The maximum atomic E-state index is 5.47. The summed E-state index contributed by atoms with van der Waals surface area (Å²) in [7, 11) is 4.27. The quantitative estimate of drug-likeness (QED) is 0.818. The largest absolute Gasteiger partial charge is 0.339 e. The van der Waals surface area contributed by atoms with E-state index in [9.17, 15) is 0 Å². The first kappa shape index (κ1) is 16.4. The van der Waals surface area contributed by atoms with Gasteiger partial charge in [-0.15, -0.1) is 0 Å². The van der Waals surface area contributed by atoms with Gasteiger partial charge in [0.15, 0.2) is 5.82 Å². The summed E-state index contributed by atoms with van der Waals surface area (Å²) in [4.78, 5) is 9.25. The molecule has 1 aromatic heterocycles. The SMILES string of the molecule is CCCNC(CC)Cc1nc(C2CN(C)CCN2C)no1. The van der Waals surface area contributed by atoms with Crippen molar-refractivity contribution >= 4 is 0 Å². The van der Waals surface area contributed by atoms with Crippen LogP contribution in [0, 0.1) is 0 Å². The predicted octanol–water partition coefficient (Wildman–Crippen LogP) is 1.31. The Morgan fingerprint density at radius 3 is 2.86 bits per heavy atom. The molecule has 1 fully saturated rings. The zero-order chi connectivity index (χ0) is 15.2. The van der Waals surface area contributed by atoms with Crippen molar-refractivity contribution in [1.82, 2.24) is 25.3 Å². The second-order valence-electron chi connectivity index (χ2n) is 6.07. The fourth-order valence-corrected chi connectivity index (χ4v) is 2.70. The summed E-state index contributed by atoms with van der Waals surface area (Å²) in [5.41, 5.74) is 0. The second kappa shape index (κ2) is 7.87. The first-order chi connectivity index (χ1) is 10.1. The summed E-state index contributed by atoms with van der Waals surface area (Å²) in [5.74, 6) is 1.58. The topological polar surface area (TPSA) is 57.4 Å². The predicted molar refractivity (Wildman–Crippen MR) is 83.2 cm³/mol. The molecule has 6 heteroatoms. The second-order valence-corrected chi connectivity index (χ2v) is 6.07. The molecule has 1 aromatic rings. The van der Waals surface area contributed by atoms with Crippen LogP contribution in [-0.2, 0) is 6.42 Å². The van der Waals surface area contributed by atoms with Crippen molar-refractivity contribution in [2.45, 2.75) is 45.2 Å². The van der Waals surface area contributed by atoms with E-state index >= 15 is 0 Å². The summed E-state index contributed by atoms with van der Waals surface area (Å²) in [6.45, 7) is 8.50. The Labute approximate surface area is 127 Å². The smallest absolute Gasteiger partial charge is 0.228 e. The molecule has 2 atom stereocenters. The van der Waals surface area contributed by atoms with E-state index in [-0.39, 0.29) is 6.04 Å². The Morgan fingerprint density at radius 2 is 2.14 bits per heavy atom. The molecule has 2 rings (SSSR count). The number of likely N-dealkylation sites (N-methyl/N-ethyl adjacent to an activating group) is 2. The molecule has 0 bridgehead atoms. The molecule has 1 saturated heterocycles. The van der Waals surface area contributed by atoms with Crippen molar-refractivity contribution in [3.05, 3.63) is 11.7 Å². The van der Waals surface area contributed by atoms with E-state index < -0.39 is 0 Å². The number of nitrogens with zero attached hydrogens (tertiary/aromatic N) is 4. The Kier molecular flexibility index (Phi) is 6.14. The third-order valence-electron chi connectivity index (χ3n) is 4.23. The van der Waals surface area contributed by atoms with Gasteiger partial charge in [-0.05, 0) is 33.5 Å². The molecule has 2 unspecified atom stereocenters. The molecule has 0 radical (unpaired) electrons. The van der Waals surface area contributed by atoms with Crippen molar-refractivity contribution in [3.8, 4) is 0 Å². The third kappa shape index (κ3) is 4.49. The fraction of sp³-hybridized carbons (Fsp3) is 0.867. The van der Waals surface area contributed by atoms with Gasteiger partial charge in [0, 0.05) is 32.1 Å². The van der Waals surface area contributed by atoms with Crippen molar-refractivity contribution in [2.24, 2.45) is 0 Å². The molecule has 0 aliphatic carbocycles. The van der Waals surface area contributed by atoms with Crippen LogP contribution in [0.4, 0.5) is 0 Å². The average molecular weight is 295 g/mol. The van der Waals surface area contributed by atoms with Gasteiger partial charge in [0.2, 0.25) is 5.89 Å². The fourth-order valence-electron chi connectivity index (χ4n) is 2.70. The summed E-state index contributed by atoms with van der Waals surface area (Å²) in [6.07, 6.45) is 3.03. The Balaban J connectivity index is 1.96. The van der Waals surface area contributed by atoms with Gasteiger partial charge >= 0.3 is 0 Å². The van der Waals surface area contributed by atoms with Crippen molar-refractivity contribution in [3.63, 3.8) is 0 Å². The molecule has 1 aliphatic rings. The van der Waals surface area contributed by atoms with Crippen LogP contribution < -0.4 is 5.32 Å². The molecule has 21 heavy (non-hydrogen) atoms. The van der Waals surface area contributed by atoms with E-state index in [1.807, 2.05) is 0 Å². The molecule has 0 spiro atoms. The van der Waals surface area contributed by atoms with Crippen LogP contribution in [0.15, 0.2) is 4.52 Å². The van der Waals surface area contributed by atoms with Crippen LogP contribution >= 0.6 is 0 Å². The van der Waals surface area contributed by atoms with Crippen LogP contribution in [-0.4, -0.2) is 66.3 Å². The van der Waals surface area contributed by atoms with Gasteiger partial charge in [0.25, 0.3) is 0 Å². The van der Waals surface area contributed by atoms with Crippen LogP contribution in [0.3, 0.4) is 0 Å². The van der Waals surface area contributed by atoms with Crippen LogP contribution in [0.1, 0.15) is 44.4 Å². The van der Waals surface area contributed by atoms with Crippen molar-refractivity contribution < 1.29 is 4.52 Å². The molecular formula is C15H29N5O. The van der Waals surface area contributed by atoms with Gasteiger partial charge in [0.05, 0.1) is 6.04 Å². The molecular weight excluding hydrogens is 266 g/mol. The Hall–Kier alpha value is -0.980. The summed E-state index contributed by atoms with van der Waals surface area (Å²) < 4.78 is 5.47. The zero-order valence-electron chi connectivity index (χ0n) is 13.8. The number of rotatable bonds is 7. The summed E-state index contributed by atoms with van der Waals surface area (Å²) in [6, 6.07) is 0.662. The minimum absolute atomic E-state index is 0.241. The zero-order valence-corrected chi connectivity index (χ0v) is 13.8. The number of aromatic nitrogens is 2. The van der Waals surface area contributed by atoms with Gasteiger partial charge in [-0.25, -0.2) is 0 Å². The van der Waals surface area contributed by atoms with Crippen molar-refractivity contribution in [1.29, 1.82) is 0 Å². The molecule has 0 saturated carbocycles. The molecule has 2 heterocycles. The lowest BCUT2D eigenvalue weighted by Gasteiger charge is -2.35. The van der Waals surface area contributed by atoms with E-state index in [4.69, 9.17) is 4.52 Å². The molecule has 6 nitrogen and oxygen atoms in total. The normalized spacial score (nSPS) is 22.6. The van der Waals surface area contributed by atoms with E-state index in [2.05, 4.69) is 53.2 Å². The monoisotopic (exact) mass is 295 g/mol. The Morgan fingerprint density at radius 1 is 1.33 bits per heavy atom. The highest BCUT2D eigenvalue weighted by Crippen LogP contribution is 2.21. The molecule has 0 amide bonds. The van der Waals surface area contributed by atoms with E-state index in [0.29, 0.717) is 6.04 Å². The van der Waals surface area contributed by atoms with Crippen LogP contribution in [0.25, 0.3) is 0 Å². The standard InChI is InChI=1S/C15H29N5O/c1-5-7-16-12(6-2)10-14-17-15(18-21-14)13-11-19(3)8-9-20(13)4/h12-13,16H,5-11H2,1-4H3. The first-order valence-electron chi connectivity index (χ1n) is 8.08. The van der Waals surface area contributed by atoms with Gasteiger partial charge in [-0.2, -0.15) is 4.98 Å². The van der Waals surface area contributed by atoms with Crippen LogP contribution in [0.2, 0.25) is 0 Å². The maximum absolute atomic E-state index is 5.47. The molecule has 1 N–H and O–H groups in total. The average Bonchev–Trinajstić information content (AvgIpc) is 2.94. The van der Waals surface area contributed by atoms with Gasteiger partial charge in [-0.1, -0.05) is 19.0 Å². The Bertz CT molecular complexity index is 422. The van der Waals surface area contributed by atoms with Gasteiger partial charge in [0.1, 0.15) is 0 Å². The summed E-state index contributed by atoms with van der Waals surface area (Å²) >= 11 is 0. The minimum Gasteiger partial charge on any atom is -0.339 e. The van der Waals surface area contributed by atoms with Gasteiger partial charge < -0.3 is 14.7 Å². The third-order valence-corrected chi connectivity index (χ3v) is 4.23. The van der Waals surface area contributed by atoms with E-state index in [1.165, 1.54) is 0 Å². The molecule has 120 valence electrons. The van der Waals surface area contributed by atoms with Crippen molar-refractivity contribution in [2.75, 3.05) is 40.3 Å². The molecule has 1 aliphatic heterocycles. The highest BCUT2D eigenvalue weighted by Gasteiger charge is 2.28. The summed E-state index contributed by atoms with van der Waals surface area (Å²) in [5, 5.41) is 7.74. The lowest BCUT2D eigenvalue weighted by atomic mass is 10.1. The number of hydrogen-bond donors (Lipinski definition) is 1. The number of piperazine rings is 1. The maximum Gasteiger partial charge on any atom is 0.228 e. The number of hydrogen-bond acceptors (Lipinski definition) is 6. The van der Waals surface area contributed by atoms with E-state index in [1.54, 1.807) is 0 Å². The highest BCUT2D eigenvalue weighted by atomic mass is 16.5. The molecule has 0 aromatic carbocycles. The lowest BCUT2D eigenvalue weighted by Crippen LogP contribution is -2.45. The first-order valence-corrected chi connectivity index (χ1v) is 8.08. The lowest BCUT2D eigenvalue weighted by molar-refractivity contribution is 0.108. The van der Waals surface area contributed by atoms with Crippen LogP contribution in [0.5, 0.6) is 0 Å². The van der Waals surface area contributed by atoms with E-state index in [0.717, 1.165) is 57.2 Å². The van der Waals surface area contributed by atoms with Gasteiger partial charge in [-0.3, -0.25) is 4.90 Å². The number of nitrogens with one attached hydrogen (secondary N) is 1. The minimum atomic E-state index is 0.241. The highest BCUT2D eigenvalue weighted by molar-refractivity contribution is 4.99.